The minimum absolute atomic E-state index is 0.0316. The van der Waals surface area contributed by atoms with Crippen molar-refractivity contribution < 1.29 is 4.79 Å². The normalized spacial score (nSPS) is 17.4. The number of benzene rings is 1. The molecule has 1 saturated heterocycles. The third kappa shape index (κ3) is 3.57. The van der Waals surface area contributed by atoms with Crippen molar-refractivity contribution in [3.05, 3.63) is 54.4 Å². The van der Waals surface area contributed by atoms with E-state index in [1.54, 1.807) is 6.20 Å². The Morgan fingerprint density at radius 1 is 1.31 bits per heavy atom. The summed E-state index contributed by atoms with van der Waals surface area (Å²) in [5.41, 5.74) is 2.80. The topological polar surface area (TPSA) is 61.0 Å². The highest BCUT2D eigenvalue weighted by Gasteiger charge is 2.17. The maximum Gasteiger partial charge on any atom is 0.228 e. The number of hydrogen-bond acceptors (Lipinski definition) is 3. The molecule has 5 nitrogen and oxygen atoms in total. The van der Waals surface area contributed by atoms with Gasteiger partial charge in [0.25, 0.3) is 0 Å². The zero-order chi connectivity index (χ0) is 17.9. The largest absolute Gasteiger partial charge is 0.361 e. The second-order valence-corrected chi connectivity index (χ2v) is 7.18. The molecule has 2 aromatic heterocycles. The molecule has 1 unspecified atom stereocenters. The fourth-order valence-electron chi connectivity index (χ4n) is 3.70. The Morgan fingerprint density at radius 3 is 3.00 bits per heavy atom. The quantitative estimate of drug-likeness (QED) is 0.750. The molecule has 0 bridgehead atoms. The number of anilines is 2. The van der Waals surface area contributed by atoms with Gasteiger partial charge in [0.2, 0.25) is 5.91 Å². The highest BCUT2D eigenvalue weighted by Crippen LogP contribution is 2.22. The molecule has 1 fully saturated rings. The molecule has 4 rings (SSSR count). The Bertz CT molecular complexity index is 900. The molecule has 0 radical (unpaired) electrons. The number of para-hydroxylation sites is 1. The SMILES string of the molecule is CC1CCCN(c2ccc(NC(=O)Cc3c[nH]c4ccccc34)cn2)C1. The molecule has 134 valence electrons. The molecule has 2 N–H and O–H groups in total. The van der Waals surface area contributed by atoms with Gasteiger partial charge in [-0.2, -0.15) is 0 Å². The second-order valence-electron chi connectivity index (χ2n) is 7.18. The fourth-order valence-corrected chi connectivity index (χ4v) is 3.70. The van der Waals surface area contributed by atoms with E-state index in [0.717, 1.165) is 41.1 Å². The molecule has 1 atom stereocenters. The summed E-state index contributed by atoms with van der Waals surface area (Å²) in [6, 6.07) is 12.0. The first-order valence-electron chi connectivity index (χ1n) is 9.25. The molecule has 26 heavy (non-hydrogen) atoms. The van der Waals surface area contributed by atoms with Crippen LogP contribution in [0.25, 0.3) is 10.9 Å². The summed E-state index contributed by atoms with van der Waals surface area (Å²) in [4.78, 5) is 22.5. The number of rotatable bonds is 4. The van der Waals surface area contributed by atoms with E-state index in [-0.39, 0.29) is 5.91 Å². The number of pyridine rings is 1. The third-order valence-corrected chi connectivity index (χ3v) is 5.04. The molecule has 1 aliphatic heterocycles. The number of aromatic amines is 1. The molecule has 3 aromatic rings. The number of carbonyl (C=O) groups excluding carboxylic acids is 1. The molecule has 5 heteroatoms. The predicted octanol–water partition coefficient (Wildman–Crippen LogP) is 3.98. The van der Waals surface area contributed by atoms with Gasteiger partial charge in [-0.05, 0) is 42.5 Å². The van der Waals surface area contributed by atoms with Crippen LogP contribution in [0.3, 0.4) is 0 Å². The molecular weight excluding hydrogens is 324 g/mol. The average molecular weight is 348 g/mol. The van der Waals surface area contributed by atoms with Gasteiger partial charge in [-0.3, -0.25) is 4.79 Å². The van der Waals surface area contributed by atoms with Crippen molar-refractivity contribution in [1.82, 2.24) is 9.97 Å². The van der Waals surface area contributed by atoms with Gasteiger partial charge in [0.15, 0.2) is 0 Å². The monoisotopic (exact) mass is 348 g/mol. The van der Waals surface area contributed by atoms with E-state index in [1.807, 2.05) is 42.6 Å². The highest BCUT2D eigenvalue weighted by atomic mass is 16.1. The molecule has 1 aromatic carbocycles. The molecule has 0 aliphatic carbocycles. The summed E-state index contributed by atoms with van der Waals surface area (Å²) in [6.45, 7) is 4.40. The number of nitrogens with one attached hydrogen (secondary N) is 2. The number of piperidine rings is 1. The molecule has 1 amide bonds. The lowest BCUT2D eigenvalue weighted by Crippen LogP contribution is -2.34. The van der Waals surface area contributed by atoms with Gasteiger partial charge >= 0.3 is 0 Å². The van der Waals surface area contributed by atoms with E-state index in [4.69, 9.17) is 0 Å². The van der Waals surface area contributed by atoms with Crippen LogP contribution < -0.4 is 10.2 Å². The van der Waals surface area contributed by atoms with E-state index in [2.05, 4.69) is 27.1 Å². The van der Waals surface area contributed by atoms with Crippen molar-refractivity contribution in [3.8, 4) is 0 Å². The maximum atomic E-state index is 12.4. The molecule has 1 aliphatic rings. The third-order valence-electron chi connectivity index (χ3n) is 5.04. The zero-order valence-electron chi connectivity index (χ0n) is 15.0. The number of carbonyl (C=O) groups is 1. The van der Waals surface area contributed by atoms with Gasteiger partial charge < -0.3 is 15.2 Å². The summed E-state index contributed by atoms with van der Waals surface area (Å²) >= 11 is 0. The van der Waals surface area contributed by atoms with Gasteiger partial charge in [0.05, 0.1) is 18.3 Å². The first-order valence-corrected chi connectivity index (χ1v) is 9.25. The van der Waals surface area contributed by atoms with Crippen molar-refractivity contribution in [2.75, 3.05) is 23.3 Å². The first kappa shape index (κ1) is 16.6. The minimum Gasteiger partial charge on any atom is -0.361 e. The zero-order valence-corrected chi connectivity index (χ0v) is 15.0. The van der Waals surface area contributed by atoms with Gasteiger partial charge in [-0.1, -0.05) is 25.1 Å². The van der Waals surface area contributed by atoms with Gasteiger partial charge in [-0.15, -0.1) is 0 Å². The molecule has 0 spiro atoms. The summed E-state index contributed by atoms with van der Waals surface area (Å²) in [6.07, 6.45) is 6.50. The van der Waals surface area contributed by atoms with Crippen molar-refractivity contribution in [3.63, 3.8) is 0 Å². The van der Waals surface area contributed by atoms with Crippen LogP contribution in [-0.4, -0.2) is 29.0 Å². The van der Waals surface area contributed by atoms with E-state index in [9.17, 15) is 4.79 Å². The number of amides is 1. The van der Waals surface area contributed by atoms with Crippen LogP contribution >= 0.6 is 0 Å². The van der Waals surface area contributed by atoms with Gasteiger partial charge in [-0.25, -0.2) is 4.98 Å². The number of nitrogens with zero attached hydrogens (tertiary/aromatic N) is 2. The van der Waals surface area contributed by atoms with Crippen molar-refractivity contribution in [2.24, 2.45) is 5.92 Å². The summed E-state index contributed by atoms with van der Waals surface area (Å²) in [5, 5.41) is 4.04. The van der Waals surface area contributed by atoms with Crippen LogP contribution in [0.2, 0.25) is 0 Å². The Balaban J connectivity index is 1.40. The summed E-state index contributed by atoms with van der Waals surface area (Å²) in [5.74, 6) is 1.67. The molecule has 3 heterocycles. The number of H-pyrrole nitrogens is 1. The molecule has 0 saturated carbocycles. The summed E-state index contributed by atoms with van der Waals surface area (Å²) in [7, 11) is 0. The van der Waals surface area contributed by atoms with Crippen molar-refractivity contribution >= 4 is 28.3 Å². The predicted molar refractivity (Wildman–Crippen MR) is 105 cm³/mol. The lowest BCUT2D eigenvalue weighted by molar-refractivity contribution is -0.115. The Morgan fingerprint density at radius 2 is 2.19 bits per heavy atom. The van der Waals surface area contributed by atoms with Crippen LogP contribution in [0.15, 0.2) is 48.8 Å². The lowest BCUT2D eigenvalue weighted by Gasteiger charge is -2.31. The number of aromatic nitrogens is 2. The standard InChI is InChI=1S/C21H24N4O/c1-15-5-4-10-25(14-15)20-9-8-17(13-23-20)24-21(26)11-16-12-22-19-7-3-2-6-18(16)19/h2-3,6-9,12-13,15,22H,4-5,10-11,14H2,1H3,(H,24,26). The second kappa shape index (κ2) is 7.20. The first-order chi connectivity index (χ1) is 12.7. The number of fused-ring (bicyclic) bond motifs is 1. The van der Waals surface area contributed by atoms with E-state index < -0.39 is 0 Å². The van der Waals surface area contributed by atoms with E-state index in [1.165, 1.54) is 12.8 Å². The Hall–Kier alpha value is -2.82. The Labute approximate surface area is 153 Å². The van der Waals surface area contributed by atoms with Crippen molar-refractivity contribution in [2.45, 2.75) is 26.2 Å². The average Bonchev–Trinajstić information content (AvgIpc) is 3.05. The molecular formula is C21H24N4O. The van der Waals surface area contributed by atoms with Crippen molar-refractivity contribution in [1.29, 1.82) is 0 Å². The van der Waals surface area contributed by atoms with Crippen LogP contribution in [0.4, 0.5) is 11.5 Å². The fraction of sp³-hybridized carbons (Fsp3) is 0.333. The van der Waals surface area contributed by atoms with Crippen LogP contribution in [0.5, 0.6) is 0 Å². The van der Waals surface area contributed by atoms with Gasteiger partial charge in [0.1, 0.15) is 5.82 Å². The Kier molecular flexibility index (Phi) is 4.61. The van der Waals surface area contributed by atoms with E-state index in [0.29, 0.717) is 12.3 Å². The lowest BCUT2D eigenvalue weighted by atomic mass is 10.0. The maximum absolute atomic E-state index is 12.4. The van der Waals surface area contributed by atoms with Crippen LogP contribution in [0.1, 0.15) is 25.3 Å². The minimum atomic E-state index is -0.0316. The number of hydrogen-bond donors (Lipinski definition) is 2. The van der Waals surface area contributed by atoms with E-state index >= 15 is 0 Å². The smallest absolute Gasteiger partial charge is 0.228 e. The van der Waals surface area contributed by atoms with Crippen LogP contribution in [-0.2, 0) is 11.2 Å². The van der Waals surface area contributed by atoms with Gasteiger partial charge in [0, 0.05) is 30.2 Å². The highest BCUT2D eigenvalue weighted by molar-refractivity contribution is 5.95. The summed E-state index contributed by atoms with van der Waals surface area (Å²) < 4.78 is 0. The van der Waals surface area contributed by atoms with Crippen LogP contribution in [0, 0.1) is 5.92 Å².